The number of aromatic nitrogens is 1. The molecule has 1 heterocycles. The third-order valence-corrected chi connectivity index (χ3v) is 6.58. The van der Waals surface area contributed by atoms with Gasteiger partial charge in [0, 0.05) is 4.90 Å². The molecule has 0 radical (unpaired) electrons. The van der Waals surface area contributed by atoms with Gasteiger partial charge in [0.1, 0.15) is 10.6 Å². The lowest BCUT2D eigenvalue weighted by atomic mass is 10.0. The van der Waals surface area contributed by atoms with E-state index in [1.165, 1.54) is 23.1 Å². The lowest BCUT2D eigenvalue weighted by Crippen LogP contribution is -2.32. The maximum atomic E-state index is 12.7. The fourth-order valence-corrected chi connectivity index (χ4v) is 5.01. The number of amides is 1. The van der Waals surface area contributed by atoms with Gasteiger partial charge >= 0.3 is 12.1 Å². The highest BCUT2D eigenvalue weighted by atomic mass is 32.2. The first-order valence-electron chi connectivity index (χ1n) is 11.2. The molecule has 0 unspecified atom stereocenters. The van der Waals surface area contributed by atoms with Crippen LogP contribution in [-0.4, -0.2) is 29.3 Å². The zero-order valence-corrected chi connectivity index (χ0v) is 21.6. The van der Waals surface area contributed by atoms with Crippen molar-refractivity contribution in [2.75, 3.05) is 6.61 Å². The van der Waals surface area contributed by atoms with Crippen LogP contribution in [0.3, 0.4) is 0 Å². The third kappa shape index (κ3) is 8.18. The first kappa shape index (κ1) is 25.8. The fraction of sp³-hybridized carbons (Fsp3) is 0.346. The van der Waals surface area contributed by atoms with E-state index in [-0.39, 0.29) is 5.97 Å². The Balaban J connectivity index is 1.75. The van der Waals surface area contributed by atoms with Gasteiger partial charge in [0.05, 0.1) is 29.1 Å². The number of esters is 1. The number of ether oxygens (including phenoxy) is 2. The van der Waals surface area contributed by atoms with Crippen molar-refractivity contribution >= 4 is 35.2 Å². The van der Waals surface area contributed by atoms with E-state index in [2.05, 4.69) is 23.3 Å². The van der Waals surface area contributed by atoms with Crippen LogP contribution in [0.25, 0.3) is 11.1 Å². The van der Waals surface area contributed by atoms with Crippen LogP contribution in [0.1, 0.15) is 55.9 Å². The van der Waals surface area contributed by atoms with Crippen molar-refractivity contribution in [3.8, 4) is 11.1 Å². The van der Waals surface area contributed by atoms with Crippen LogP contribution < -0.4 is 5.32 Å². The number of carbonyl (C=O) groups is 2. The quantitative estimate of drug-likeness (QED) is 0.254. The van der Waals surface area contributed by atoms with Gasteiger partial charge in [0.2, 0.25) is 0 Å². The second-order valence-corrected chi connectivity index (χ2v) is 11.1. The molecule has 0 saturated carbocycles. The zero-order chi connectivity index (χ0) is 24.6. The molecule has 0 aliphatic carbocycles. The summed E-state index contributed by atoms with van der Waals surface area (Å²) in [7, 11) is 0. The Morgan fingerprint density at radius 1 is 1.09 bits per heavy atom. The van der Waals surface area contributed by atoms with Crippen LogP contribution in [0.15, 0.2) is 63.8 Å². The monoisotopic (exact) mass is 498 g/mol. The highest BCUT2D eigenvalue weighted by Gasteiger charge is 2.17. The van der Waals surface area contributed by atoms with E-state index in [0.717, 1.165) is 38.1 Å². The van der Waals surface area contributed by atoms with Crippen molar-refractivity contribution in [2.45, 2.75) is 61.8 Å². The number of unbranched alkanes of at least 4 members (excludes halogenated alkanes) is 1. The number of nitrogens with one attached hydrogen (secondary N) is 1. The SMILES string of the molecule is CCCCOC(=O)c1cc(Sc2cnc(CNC(=O)OC(C)(C)C)s2)cc(-c2ccccc2)c1. The van der Waals surface area contributed by atoms with E-state index >= 15 is 0 Å². The minimum absolute atomic E-state index is 0.291. The van der Waals surface area contributed by atoms with Gasteiger partial charge in [0.25, 0.3) is 0 Å². The van der Waals surface area contributed by atoms with Gasteiger partial charge in [-0.1, -0.05) is 55.4 Å². The molecule has 1 aromatic heterocycles. The molecule has 6 nitrogen and oxygen atoms in total. The van der Waals surface area contributed by atoms with Crippen molar-refractivity contribution in [3.63, 3.8) is 0 Å². The molecule has 2 aromatic carbocycles. The molecule has 180 valence electrons. The highest BCUT2D eigenvalue weighted by Crippen LogP contribution is 2.35. The van der Waals surface area contributed by atoms with Crippen LogP contribution in [0.5, 0.6) is 0 Å². The summed E-state index contributed by atoms with van der Waals surface area (Å²) in [6.07, 6.45) is 3.11. The van der Waals surface area contributed by atoms with Gasteiger partial charge in [-0.2, -0.15) is 0 Å². The second kappa shape index (κ2) is 12.0. The molecule has 1 amide bonds. The summed E-state index contributed by atoms with van der Waals surface area (Å²) in [5.41, 5.74) is 1.95. The average Bonchev–Trinajstić information content (AvgIpc) is 3.24. The molecule has 0 spiro atoms. The van der Waals surface area contributed by atoms with Crippen LogP contribution in [0, 0.1) is 0 Å². The molecular weight excluding hydrogens is 468 g/mol. The Bertz CT molecular complexity index is 1110. The summed E-state index contributed by atoms with van der Waals surface area (Å²) >= 11 is 3.01. The molecule has 0 aliphatic rings. The molecular formula is C26H30N2O4S2. The number of rotatable bonds is 9. The summed E-state index contributed by atoms with van der Waals surface area (Å²) in [4.78, 5) is 29.9. The van der Waals surface area contributed by atoms with Crippen molar-refractivity contribution in [1.82, 2.24) is 10.3 Å². The van der Waals surface area contributed by atoms with Crippen LogP contribution in [-0.2, 0) is 16.0 Å². The topological polar surface area (TPSA) is 77.5 Å². The van der Waals surface area contributed by atoms with E-state index in [1.807, 2.05) is 63.2 Å². The number of nitrogens with zero attached hydrogens (tertiary/aromatic N) is 1. The molecule has 0 aliphatic heterocycles. The number of hydrogen-bond acceptors (Lipinski definition) is 7. The number of carbonyl (C=O) groups excluding carboxylic acids is 2. The molecule has 0 fully saturated rings. The summed E-state index contributed by atoms with van der Waals surface area (Å²) in [6.45, 7) is 8.23. The Morgan fingerprint density at radius 3 is 2.56 bits per heavy atom. The smallest absolute Gasteiger partial charge is 0.408 e. The maximum absolute atomic E-state index is 12.7. The molecule has 0 atom stereocenters. The Kier molecular flexibility index (Phi) is 9.12. The van der Waals surface area contributed by atoms with E-state index in [1.54, 1.807) is 6.20 Å². The highest BCUT2D eigenvalue weighted by molar-refractivity contribution is 8.01. The van der Waals surface area contributed by atoms with Gasteiger partial charge in [-0.05, 0) is 56.5 Å². The van der Waals surface area contributed by atoms with Gasteiger partial charge in [-0.3, -0.25) is 0 Å². The number of thiazole rings is 1. The first-order valence-corrected chi connectivity index (χ1v) is 12.8. The standard InChI is InChI=1S/C26H30N2O4S2/c1-5-6-12-31-24(29)20-13-19(18-10-8-7-9-11-18)14-21(15-20)33-23-17-27-22(34-23)16-28-25(30)32-26(2,3)4/h7-11,13-15,17H,5-6,12,16H2,1-4H3,(H,28,30). The minimum atomic E-state index is -0.548. The van der Waals surface area contributed by atoms with Crippen LogP contribution in [0.4, 0.5) is 4.79 Å². The van der Waals surface area contributed by atoms with E-state index in [0.29, 0.717) is 18.7 Å². The third-order valence-electron chi connectivity index (χ3n) is 4.51. The van der Waals surface area contributed by atoms with Gasteiger partial charge < -0.3 is 14.8 Å². The Hall–Kier alpha value is -2.84. The number of benzene rings is 2. The van der Waals surface area contributed by atoms with Gasteiger partial charge in [-0.25, -0.2) is 14.6 Å². The first-order chi connectivity index (χ1) is 16.2. The Labute approximate surface area is 209 Å². The summed E-state index contributed by atoms with van der Waals surface area (Å²) in [5.74, 6) is -0.320. The van der Waals surface area contributed by atoms with E-state index in [4.69, 9.17) is 9.47 Å². The van der Waals surface area contributed by atoms with E-state index in [9.17, 15) is 9.59 Å². The van der Waals surface area contributed by atoms with Crippen molar-refractivity contribution < 1.29 is 19.1 Å². The second-order valence-electron chi connectivity index (χ2n) is 8.63. The van der Waals surface area contributed by atoms with Crippen molar-refractivity contribution in [3.05, 3.63) is 65.3 Å². The van der Waals surface area contributed by atoms with Gasteiger partial charge in [-0.15, -0.1) is 11.3 Å². The zero-order valence-electron chi connectivity index (χ0n) is 19.9. The molecule has 0 saturated heterocycles. The molecule has 34 heavy (non-hydrogen) atoms. The van der Waals surface area contributed by atoms with Crippen LogP contribution >= 0.6 is 23.1 Å². The maximum Gasteiger partial charge on any atom is 0.408 e. The normalized spacial score (nSPS) is 11.2. The summed E-state index contributed by atoms with van der Waals surface area (Å²) in [6, 6.07) is 15.7. The molecule has 3 rings (SSSR count). The largest absolute Gasteiger partial charge is 0.462 e. The molecule has 1 N–H and O–H groups in total. The summed E-state index contributed by atoms with van der Waals surface area (Å²) in [5, 5.41) is 3.50. The molecule has 0 bridgehead atoms. The average molecular weight is 499 g/mol. The van der Waals surface area contributed by atoms with Crippen molar-refractivity contribution in [2.24, 2.45) is 0 Å². The van der Waals surface area contributed by atoms with Gasteiger partial charge in [0.15, 0.2) is 0 Å². The molecule has 8 heteroatoms. The van der Waals surface area contributed by atoms with Crippen molar-refractivity contribution in [1.29, 1.82) is 0 Å². The Morgan fingerprint density at radius 2 is 1.85 bits per heavy atom. The predicted molar refractivity (Wildman–Crippen MR) is 136 cm³/mol. The lowest BCUT2D eigenvalue weighted by Gasteiger charge is -2.19. The van der Waals surface area contributed by atoms with E-state index < -0.39 is 11.7 Å². The predicted octanol–water partition coefficient (Wildman–Crippen LogP) is 6.94. The van der Waals surface area contributed by atoms with Crippen LogP contribution in [0.2, 0.25) is 0 Å². The fourth-order valence-electron chi connectivity index (χ4n) is 2.97. The molecule has 3 aromatic rings. The number of alkyl carbamates (subject to hydrolysis) is 1. The lowest BCUT2D eigenvalue weighted by molar-refractivity contribution is 0.0495. The minimum Gasteiger partial charge on any atom is -0.462 e. The number of hydrogen-bond donors (Lipinski definition) is 1. The summed E-state index contributed by atoms with van der Waals surface area (Å²) < 4.78 is 11.7.